The lowest BCUT2D eigenvalue weighted by atomic mass is 10.1. The van der Waals surface area contributed by atoms with Crippen LogP contribution in [0, 0.1) is 36.0 Å². The van der Waals surface area contributed by atoms with E-state index in [1.165, 1.54) is 77.0 Å². The Hall–Kier alpha value is -1.85. The first-order valence-electron chi connectivity index (χ1n) is 12.0. The third-order valence-corrected chi connectivity index (χ3v) is 4.99. The van der Waals surface area contributed by atoms with Crippen molar-refractivity contribution in [3.05, 3.63) is 0 Å². The summed E-state index contributed by atoms with van der Waals surface area (Å²) >= 11 is 0. The molecular formula is C27H43NO. The minimum atomic E-state index is 0.0668. The second kappa shape index (κ2) is 24.2. The number of nitrogens with one attached hydrogen (secondary N) is 1. The first-order valence-corrected chi connectivity index (χ1v) is 12.0. The summed E-state index contributed by atoms with van der Waals surface area (Å²) in [5, 5.41) is 2.69. The molecular weight excluding hydrogens is 354 g/mol. The van der Waals surface area contributed by atoms with Gasteiger partial charge < -0.3 is 5.32 Å². The maximum absolute atomic E-state index is 11.4. The molecule has 0 aliphatic heterocycles. The molecule has 162 valence electrons. The van der Waals surface area contributed by atoms with Crippen LogP contribution in [0.2, 0.25) is 0 Å². The first kappa shape index (κ1) is 27.1. The number of carbonyl (C=O) groups excluding carboxylic acids is 1. The van der Waals surface area contributed by atoms with Crippen LogP contribution in [0.4, 0.5) is 0 Å². The molecule has 2 heteroatoms. The third-order valence-electron chi connectivity index (χ3n) is 4.99. The van der Waals surface area contributed by atoms with Gasteiger partial charge in [-0.2, -0.15) is 0 Å². The van der Waals surface area contributed by atoms with Gasteiger partial charge in [0.1, 0.15) is 0 Å². The molecule has 0 unspecified atom stereocenters. The van der Waals surface area contributed by atoms with Crippen LogP contribution in [0.3, 0.4) is 0 Å². The van der Waals surface area contributed by atoms with E-state index in [2.05, 4.69) is 41.8 Å². The fourth-order valence-corrected chi connectivity index (χ4v) is 3.18. The van der Waals surface area contributed by atoms with Crippen molar-refractivity contribution in [3.63, 3.8) is 0 Å². The van der Waals surface area contributed by atoms with Gasteiger partial charge in [0.15, 0.2) is 0 Å². The predicted molar refractivity (Wildman–Crippen MR) is 126 cm³/mol. The van der Waals surface area contributed by atoms with E-state index in [0.717, 1.165) is 32.1 Å². The largest absolute Gasteiger partial charge is 0.345 e. The minimum absolute atomic E-state index is 0.0668. The van der Waals surface area contributed by atoms with Crippen LogP contribution in [-0.4, -0.2) is 12.5 Å². The Morgan fingerprint density at radius 2 is 1.14 bits per heavy atom. The van der Waals surface area contributed by atoms with Crippen molar-refractivity contribution >= 4 is 5.91 Å². The second-order valence-corrected chi connectivity index (χ2v) is 7.78. The Labute approximate surface area is 181 Å². The second-order valence-electron chi connectivity index (χ2n) is 7.78. The summed E-state index contributed by atoms with van der Waals surface area (Å²) in [5.41, 5.74) is 0. The summed E-state index contributed by atoms with van der Waals surface area (Å²) in [6.45, 7) is 2.60. The van der Waals surface area contributed by atoms with Crippen molar-refractivity contribution in [2.45, 2.75) is 122 Å². The Morgan fingerprint density at radius 1 is 0.690 bits per heavy atom. The topological polar surface area (TPSA) is 29.1 Å². The van der Waals surface area contributed by atoms with Crippen molar-refractivity contribution in [1.29, 1.82) is 0 Å². The fraction of sp³-hybridized carbons (Fsp3) is 0.741. The molecule has 0 bridgehead atoms. The predicted octanol–water partition coefficient (Wildman–Crippen LogP) is 6.78. The zero-order chi connectivity index (χ0) is 21.3. The van der Waals surface area contributed by atoms with Gasteiger partial charge in [-0.25, -0.2) is 0 Å². The van der Waals surface area contributed by atoms with E-state index in [1.807, 2.05) is 0 Å². The minimum Gasteiger partial charge on any atom is -0.345 e. The number of amides is 1. The normalized spacial score (nSPS) is 9.66. The SMILES string of the molecule is C#CCNC(=O)CCCCCCCCC#CC#CCCCCCCCCCCC. The number of terminal acetylenes is 1. The molecule has 0 spiro atoms. The van der Waals surface area contributed by atoms with Crippen LogP contribution in [0.15, 0.2) is 0 Å². The van der Waals surface area contributed by atoms with Crippen molar-refractivity contribution < 1.29 is 4.79 Å². The van der Waals surface area contributed by atoms with Crippen LogP contribution in [0.1, 0.15) is 122 Å². The highest BCUT2D eigenvalue weighted by Crippen LogP contribution is 2.10. The molecule has 0 aromatic rings. The lowest BCUT2D eigenvalue weighted by Crippen LogP contribution is -2.22. The van der Waals surface area contributed by atoms with E-state index in [1.54, 1.807) is 0 Å². The van der Waals surface area contributed by atoms with E-state index in [-0.39, 0.29) is 5.91 Å². The molecule has 0 aromatic heterocycles. The highest BCUT2D eigenvalue weighted by atomic mass is 16.1. The Bertz CT molecular complexity index is 535. The van der Waals surface area contributed by atoms with Gasteiger partial charge in [-0.15, -0.1) is 6.42 Å². The van der Waals surface area contributed by atoms with Crippen molar-refractivity contribution in [2.75, 3.05) is 6.54 Å². The van der Waals surface area contributed by atoms with E-state index < -0.39 is 0 Å². The van der Waals surface area contributed by atoms with Crippen molar-refractivity contribution in [1.82, 2.24) is 5.32 Å². The Kier molecular flexibility index (Phi) is 22.6. The van der Waals surface area contributed by atoms with E-state index in [9.17, 15) is 4.79 Å². The van der Waals surface area contributed by atoms with Gasteiger partial charge in [0.25, 0.3) is 0 Å². The Balaban J connectivity index is 3.30. The van der Waals surface area contributed by atoms with Crippen molar-refractivity contribution in [3.8, 4) is 36.0 Å². The standard InChI is InChI=1S/C27H43NO/c1-3-5-6-7-8-9-10-11-12-13-14-15-16-17-18-19-20-21-22-23-24-25-27(29)28-26-4-2/h2H,3,5-13,18-26H2,1H3,(H,28,29). The lowest BCUT2D eigenvalue weighted by molar-refractivity contribution is -0.120. The zero-order valence-corrected chi connectivity index (χ0v) is 18.9. The lowest BCUT2D eigenvalue weighted by Gasteiger charge is -2.01. The molecule has 0 atom stereocenters. The van der Waals surface area contributed by atoms with Gasteiger partial charge in [-0.05, 0) is 31.1 Å². The summed E-state index contributed by atoms with van der Waals surface area (Å²) in [6, 6.07) is 0. The molecule has 1 N–H and O–H groups in total. The van der Waals surface area contributed by atoms with Crippen LogP contribution in [0.5, 0.6) is 0 Å². The maximum atomic E-state index is 11.4. The quantitative estimate of drug-likeness (QED) is 0.200. The highest BCUT2D eigenvalue weighted by Gasteiger charge is 1.98. The monoisotopic (exact) mass is 397 g/mol. The number of hydrogen-bond donors (Lipinski definition) is 1. The van der Waals surface area contributed by atoms with Gasteiger partial charge in [0.2, 0.25) is 5.91 Å². The average Bonchev–Trinajstić information content (AvgIpc) is 2.73. The van der Waals surface area contributed by atoms with E-state index in [4.69, 9.17) is 6.42 Å². The number of hydrogen-bond acceptors (Lipinski definition) is 1. The average molecular weight is 398 g/mol. The van der Waals surface area contributed by atoms with Crippen LogP contribution < -0.4 is 5.32 Å². The zero-order valence-electron chi connectivity index (χ0n) is 18.9. The van der Waals surface area contributed by atoms with Crippen LogP contribution >= 0.6 is 0 Å². The molecule has 0 radical (unpaired) electrons. The summed E-state index contributed by atoms with van der Waals surface area (Å²) in [6.07, 6.45) is 26.7. The Morgan fingerprint density at radius 3 is 1.62 bits per heavy atom. The molecule has 0 aromatic carbocycles. The smallest absolute Gasteiger partial charge is 0.220 e. The molecule has 2 nitrogen and oxygen atoms in total. The van der Waals surface area contributed by atoms with E-state index >= 15 is 0 Å². The maximum Gasteiger partial charge on any atom is 0.220 e. The van der Waals surface area contributed by atoms with Gasteiger partial charge >= 0.3 is 0 Å². The summed E-state index contributed by atoms with van der Waals surface area (Å²) in [7, 11) is 0. The van der Waals surface area contributed by atoms with Gasteiger partial charge in [-0.3, -0.25) is 4.79 Å². The first-order chi connectivity index (χ1) is 14.3. The van der Waals surface area contributed by atoms with Crippen LogP contribution in [-0.2, 0) is 4.79 Å². The summed E-state index contributed by atoms with van der Waals surface area (Å²) in [5.74, 6) is 14.8. The van der Waals surface area contributed by atoms with Gasteiger partial charge in [-0.1, -0.05) is 102 Å². The molecule has 29 heavy (non-hydrogen) atoms. The molecule has 0 aliphatic rings. The molecule has 0 saturated heterocycles. The summed E-state index contributed by atoms with van der Waals surface area (Å²) in [4.78, 5) is 11.4. The third kappa shape index (κ3) is 24.1. The molecule has 0 aliphatic carbocycles. The van der Waals surface area contributed by atoms with Gasteiger partial charge in [0, 0.05) is 19.3 Å². The highest BCUT2D eigenvalue weighted by molar-refractivity contribution is 5.76. The van der Waals surface area contributed by atoms with E-state index in [0.29, 0.717) is 13.0 Å². The van der Waals surface area contributed by atoms with Crippen molar-refractivity contribution in [2.24, 2.45) is 0 Å². The number of unbranched alkanes of at least 4 members (excludes halogenated alkanes) is 15. The number of rotatable bonds is 18. The molecule has 0 saturated carbocycles. The van der Waals surface area contributed by atoms with Crippen LogP contribution in [0.25, 0.3) is 0 Å². The molecule has 0 fully saturated rings. The number of carbonyl (C=O) groups is 1. The molecule has 0 heterocycles. The fourth-order valence-electron chi connectivity index (χ4n) is 3.18. The molecule has 0 rings (SSSR count). The molecule has 1 amide bonds. The van der Waals surface area contributed by atoms with Gasteiger partial charge in [0.05, 0.1) is 6.54 Å². The summed E-state index contributed by atoms with van der Waals surface area (Å²) < 4.78 is 0.